The second kappa shape index (κ2) is 8.54. The summed E-state index contributed by atoms with van der Waals surface area (Å²) in [6.45, 7) is 7.21. The number of carbonyl (C=O) groups is 1. The molecular weight excluding hydrogens is 358 g/mol. The average molecular weight is 380 g/mol. The molecule has 5 nitrogen and oxygen atoms in total. The van der Waals surface area contributed by atoms with E-state index < -0.39 is 0 Å². The molecule has 1 aromatic carbocycles. The Hall–Kier alpha value is -1.79. The molecule has 0 aliphatic heterocycles. The minimum atomic E-state index is -0.339. The Morgan fingerprint density at radius 2 is 1.96 bits per heavy atom. The van der Waals surface area contributed by atoms with E-state index in [4.69, 9.17) is 16.3 Å². The van der Waals surface area contributed by atoms with E-state index in [9.17, 15) is 4.79 Å². The maximum absolute atomic E-state index is 12.1. The van der Waals surface area contributed by atoms with Crippen molar-refractivity contribution in [3.05, 3.63) is 46.7 Å². The fourth-order valence-corrected chi connectivity index (χ4v) is 2.59. The number of aromatic nitrogens is 2. The van der Waals surface area contributed by atoms with E-state index in [1.54, 1.807) is 0 Å². The molecule has 2 rings (SSSR count). The summed E-state index contributed by atoms with van der Waals surface area (Å²) in [4.78, 5) is 20.3. The monoisotopic (exact) mass is 379 g/mol. The first kappa shape index (κ1) is 19.5. The van der Waals surface area contributed by atoms with Crippen LogP contribution in [0.2, 0.25) is 5.02 Å². The molecule has 1 amide bonds. The Labute approximate surface area is 157 Å². The van der Waals surface area contributed by atoms with Crippen LogP contribution < -0.4 is 10.1 Å². The van der Waals surface area contributed by atoms with Crippen molar-refractivity contribution < 1.29 is 9.53 Å². The molecule has 25 heavy (non-hydrogen) atoms. The summed E-state index contributed by atoms with van der Waals surface area (Å²) in [5.41, 5.74) is 1.53. The van der Waals surface area contributed by atoms with Gasteiger partial charge in [-0.2, -0.15) is 0 Å². The predicted octanol–water partition coefficient (Wildman–Crippen LogP) is 3.96. The molecule has 2 aromatic rings. The Kier molecular flexibility index (Phi) is 6.67. The first-order chi connectivity index (χ1) is 11.8. The topological polar surface area (TPSA) is 64.1 Å². The number of thioether (sulfide) groups is 1. The summed E-state index contributed by atoms with van der Waals surface area (Å²) in [5, 5.41) is 3.48. The summed E-state index contributed by atoms with van der Waals surface area (Å²) < 4.78 is 5.65. The zero-order chi connectivity index (χ0) is 18.4. The molecule has 1 aromatic heterocycles. The van der Waals surface area contributed by atoms with Crippen molar-refractivity contribution >= 4 is 29.3 Å². The van der Waals surface area contributed by atoms with Crippen LogP contribution >= 0.6 is 23.4 Å². The smallest absolute Gasteiger partial charge is 0.271 e. The summed E-state index contributed by atoms with van der Waals surface area (Å²) in [6.07, 6.45) is 3.27. The summed E-state index contributed by atoms with van der Waals surface area (Å²) in [7, 11) is 0. The second-order valence-corrected chi connectivity index (χ2v) is 7.61. The number of amides is 1. The van der Waals surface area contributed by atoms with Crippen molar-refractivity contribution in [3.63, 3.8) is 0 Å². The van der Waals surface area contributed by atoms with Crippen LogP contribution in [0.3, 0.4) is 0 Å². The van der Waals surface area contributed by atoms with Gasteiger partial charge in [-0.1, -0.05) is 56.3 Å². The number of rotatable bonds is 6. The lowest BCUT2D eigenvalue weighted by Gasteiger charge is -2.19. The molecule has 0 saturated carbocycles. The SMILES string of the molecule is CSc1ncc(Cl)c(C(=O)NCCOc2ccc(C(C)(C)C)cc2)n1. The maximum Gasteiger partial charge on any atom is 0.271 e. The van der Waals surface area contributed by atoms with Crippen molar-refractivity contribution in [1.29, 1.82) is 0 Å². The molecule has 0 bridgehead atoms. The highest BCUT2D eigenvalue weighted by Crippen LogP contribution is 2.24. The van der Waals surface area contributed by atoms with Crippen molar-refractivity contribution in [1.82, 2.24) is 15.3 Å². The highest BCUT2D eigenvalue weighted by Gasteiger charge is 2.14. The fraction of sp³-hybridized carbons (Fsp3) is 0.389. The van der Waals surface area contributed by atoms with Crippen molar-refractivity contribution in [2.24, 2.45) is 0 Å². The first-order valence-electron chi connectivity index (χ1n) is 7.89. The van der Waals surface area contributed by atoms with Crippen LogP contribution in [0.1, 0.15) is 36.8 Å². The molecular formula is C18H22ClN3O2S. The van der Waals surface area contributed by atoms with Gasteiger partial charge in [0.2, 0.25) is 0 Å². The predicted molar refractivity (Wildman–Crippen MR) is 102 cm³/mol. The van der Waals surface area contributed by atoms with Crippen LogP contribution in [-0.2, 0) is 5.41 Å². The third-order valence-electron chi connectivity index (χ3n) is 3.50. The number of nitrogens with one attached hydrogen (secondary N) is 1. The second-order valence-electron chi connectivity index (χ2n) is 6.43. The molecule has 1 heterocycles. The number of nitrogens with zero attached hydrogens (tertiary/aromatic N) is 2. The summed E-state index contributed by atoms with van der Waals surface area (Å²) in [5.74, 6) is 0.432. The van der Waals surface area contributed by atoms with Crippen molar-refractivity contribution in [2.45, 2.75) is 31.3 Å². The van der Waals surface area contributed by atoms with Gasteiger partial charge in [-0.25, -0.2) is 9.97 Å². The van der Waals surface area contributed by atoms with Gasteiger partial charge in [-0.3, -0.25) is 4.79 Å². The zero-order valence-electron chi connectivity index (χ0n) is 14.8. The molecule has 134 valence electrons. The number of carbonyl (C=O) groups excluding carboxylic acids is 1. The third-order valence-corrected chi connectivity index (χ3v) is 4.33. The highest BCUT2D eigenvalue weighted by molar-refractivity contribution is 7.98. The molecule has 0 fully saturated rings. The molecule has 0 aliphatic carbocycles. The molecule has 0 aliphatic rings. The lowest BCUT2D eigenvalue weighted by atomic mass is 9.87. The average Bonchev–Trinajstić information content (AvgIpc) is 2.58. The number of ether oxygens (including phenoxy) is 1. The van der Waals surface area contributed by atoms with E-state index in [2.05, 4.69) is 48.2 Å². The largest absolute Gasteiger partial charge is 0.492 e. The van der Waals surface area contributed by atoms with E-state index >= 15 is 0 Å². The van der Waals surface area contributed by atoms with Gasteiger partial charge in [0.25, 0.3) is 5.91 Å². The van der Waals surface area contributed by atoms with Crippen molar-refractivity contribution in [3.8, 4) is 5.75 Å². The highest BCUT2D eigenvalue weighted by atomic mass is 35.5. The lowest BCUT2D eigenvalue weighted by molar-refractivity contribution is 0.0941. The van der Waals surface area contributed by atoms with Crippen molar-refractivity contribution in [2.75, 3.05) is 19.4 Å². The van der Waals surface area contributed by atoms with Crippen LogP contribution in [0.25, 0.3) is 0 Å². The Morgan fingerprint density at radius 3 is 2.56 bits per heavy atom. The van der Waals surface area contributed by atoms with Gasteiger partial charge in [0.05, 0.1) is 17.8 Å². The van der Waals surface area contributed by atoms with Gasteiger partial charge in [0, 0.05) is 0 Å². The van der Waals surface area contributed by atoms with Gasteiger partial charge in [0.15, 0.2) is 10.9 Å². The van der Waals surface area contributed by atoms with Crippen LogP contribution in [0.5, 0.6) is 5.75 Å². The van der Waals surface area contributed by atoms with Gasteiger partial charge >= 0.3 is 0 Å². The zero-order valence-corrected chi connectivity index (χ0v) is 16.4. The van der Waals surface area contributed by atoms with E-state index in [0.717, 1.165) is 5.75 Å². The van der Waals surface area contributed by atoms with Gasteiger partial charge < -0.3 is 10.1 Å². The first-order valence-corrected chi connectivity index (χ1v) is 9.49. The van der Waals surface area contributed by atoms with Crippen LogP contribution in [-0.4, -0.2) is 35.3 Å². The molecule has 0 radical (unpaired) electrons. The standard InChI is InChI=1S/C18H22ClN3O2S/c1-18(2,3)12-5-7-13(8-6-12)24-10-9-20-16(23)15-14(19)11-21-17(22-15)25-4/h5-8,11H,9-10H2,1-4H3,(H,20,23). The van der Waals surface area contributed by atoms with E-state index in [1.165, 1.54) is 23.5 Å². The minimum Gasteiger partial charge on any atom is -0.492 e. The number of hydrogen-bond donors (Lipinski definition) is 1. The number of halogens is 1. The Morgan fingerprint density at radius 1 is 1.28 bits per heavy atom. The van der Waals surface area contributed by atoms with E-state index in [1.807, 2.05) is 18.4 Å². The normalized spacial score (nSPS) is 11.2. The lowest BCUT2D eigenvalue weighted by Crippen LogP contribution is -2.29. The quantitative estimate of drug-likeness (QED) is 0.467. The molecule has 0 spiro atoms. The molecule has 7 heteroatoms. The summed E-state index contributed by atoms with van der Waals surface area (Å²) >= 11 is 7.33. The fourth-order valence-electron chi connectivity index (χ4n) is 2.08. The molecule has 1 N–H and O–H groups in total. The number of benzene rings is 1. The van der Waals surface area contributed by atoms with E-state index in [0.29, 0.717) is 18.3 Å². The molecule has 0 unspecified atom stereocenters. The van der Waals surface area contributed by atoms with Gasteiger partial charge in [-0.15, -0.1) is 0 Å². The van der Waals surface area contributed by atoms with Gasteiger partial charge in [0.1, 0.15) is 12.4 Å². The Bertz CT molecular complexity index is 730. The van der Waals surface area contributed by atoms with E-state index in [-0.39, 0.29) is 22.0 Å². The van der Waals surface area contributed by atoms with Crippen LogP contribution in [0.4, 0.5) is 0 Å². The number of hydrogen-bond acceptors (Lipinski definition) is 5. The minimum absolute atomic E-state index is 0.110. The molecule has 0 saturated heterocycles. The molecule has 0 atom stereocenters. The van der Waals surface area contributed by atoms with Crippen LogP contribution in [0.15, 0.2) is 35.6 Å². The Balaban J connectivity index is 1.84. The van der Waals surface area contributed by atoms with Gasteiger partial charge in [-0.05, 0) is 29.4 Å². The third kappa shape index (κ3) is 5.61. The summed E-state index contributed by atoms with van der Waals surface area (Å²) in [6, 6.07) is 7.99. The van der Waals surface area contributed by atoms with Crippen LogP contribution in [0, 0.1) is 0 Å². The maximum atomic E-state index is 12.1.